The largest absolute Gasteiger partial charge is 0.357 e. The number of nitrogens with zero attached hydrogens (tertiary/aromatic N) is 2. The summed E-state index contributed by atoms with van der Waals surface area (Å²) in [5.74, 6) is -0.196. The minimum atomic E-state index is -3.97. The average Bonchev–Trinajstić information content (AvgIpc) is 3.24. The molecule has 0 aliphatic rings. The van der Waals surface area contributed by atoms with Gasteiger partial charge >= 0.3 is 0 Å². The van der Waals surface area contributed by atoms with Gasteiger partial charge in [-0.15, -0.1) is 0 Å². The molecule has 39 heavy (non-hydrogen) atoms. The summed E-state index contributed by atoms with van der Waals surface area (Å²) in [6.07, 6.45) is 1.78. The smallest absolute Gasteiger partial charge is 0.264 e. The molecule has 2 atom stereocenters. The van der Waals surface area contributed by atoms with E-state index in [2.05, 4.69) is 15.2 Å². The van der Waals surface area contributed by atoms with Crippen molar-refractivity contribution in [3.63, 3.8) is 0 Å². The number of rotatable bonds is 12. The third-order valence-electron chi connectivity index (χ3n) is 7.00. The first-order valence-corrected chi connectivity index (χ1v) is 14.7. The van der Waals surface area contributed by atoms with Crippen molar-refractivity contribution >= 4 is 27.7 Å². The topological polar surface area (TPSA) is 122 Å². The van der Waals surface area contributed by atoms with Crippen molar-refractivity contribution in [1.82, 2.24) is 15.4 Å². The normalized spacial score (nSPS) is 13.0. The molecule has 0 fully saturated rings. The van der Waals surface area contributed by atoms with Gasteiger partial charge in [-0.3, -0.25) is 9.59 Å². The van der Waals surface area contributed by atoms with Crippen LogP contribution in [0.15, 0.2) is 57.9 Å². The second-order valence-corrected chi connectivity index (χ2v) is 11.4. The molecule has 0 bridgehead atoms. The minimum absolute atomic E-state index is 0.0219. The maximum Gasteiger partial charge on any atom is 0.264 e. The Hall–Kier alpha value is -3.66. The number of carbonyl (C=O) groups excluding carboxylic acids is 2. The van der Waals surface area contributed by atoms with Crippen molar-refractivity contribution in [3.05, 3.63) is 65.4 Å². The van der Waals surface area contributed by atoms with Crippen LogP contribution in [0.2, 0.25) is 0 Å². The van der Waals surface area contributed by atoms with Crippen molar-refractivity contribution in [3.8, 4) is 11.1 Å². The molecular weight excluding hydrogens is 516 g/mol. The molecule has 0 aliphatic heterocycles. The Morgan fingerprint density at radius 2 is 1.72 bits per heavy atom. The van der Waals surface area contributed by atoms with Crippen LogP contribution in [0.5, 0.6) is 0 Å². The quantitative estimate of drug-likeness (QED) is 0.323. The van der Waals surface area contributed by atoms with E-state index < -0.39 is 16.1 Å². The Bertz CT molecular complexity index is 1400. The van der Waals surface area contributed by atoms with E-state index in [9.17, 15) is 18.0 Å². The molecule has 2 amide bonds. The molecule has 0 saturated carbocycles. The highest BCUT2D eigenvalue weighted by molar-refractivity contribution is 7.92. The first kappa shape index (κ1) is 29.9. The maximum absolute atomic E-state index is 13.3. The molecule has 2 aromatic carbocycles. The van der Waals surface area contributed by atoms with Crippen LogP contribution in [0.1, 0.15) is 56.9 Å². The van der Waals surface area contributed by atoms with Gasteiger partial charge in [-0.1, -0.05) is 74.8 Å². The van der Waals surface area contributed by atoms with E-state index in [1.165, 1.54) is 6.07 Å². The van der Waals surface area contributed by atoms with Crippen molar-refractivity contribution in [2.75, 3.05) is 11.8 Å². The predicted octanol–water partition coefficient (Wildman–Crippen LogP) is 5.05. The van der Waals surface area contributed by atoms with Crippen molar-refractivity contribution in [1.29, 1.82) is 0 Å². The number of aryl methyl sites for hydroxylation is 1. The lowest BCUT2D eigenvalue weighted by Crippen LogP contribution is -2.51. The molecule has 1 unspecified atom stereocenters. The molecule has 1 aromatic heterocycles. The number of amides is 2. The highest BCUT2D eigenvalue weighted by atomic mass is 32.2. The van der Waals surface area contributed by atoms with Crippen LogP contribution in [-0.2, 0) is 26.2 Å². The Kier molecular flexibility index (Phi) is 9.91. The molecule has 0 saturated heterocycles. The highest BCUT2D eigenvalue weighted by Gasteiger charge is 2.33. The van der Waals surface area contributed by atoms with E-state index in [1.807, 2.05) is 45.0 Å². The number of nitrogens with one attached hydrogen (secondary N) is 2. The Balaban J connectivity index is 1.93. The van der Waals surface area contributed by atoms with E-state index in [4.69, 9.17) is 4.52 Å². The summed E-state index contributed by atoms with van der Waals surface area (Å²) in [6, 6.07) is 13.5. The SMILES string of the molecule is CCCC(=O)N(Cc1ccc(-c2ccccc2S(=O)(=O)Nc2onc(C)c2C)cc1)[C@H](C(=O)NC)C(C)CC. The third-order valence-corrected chi connectivity index (χ3v) is 8.39. The van der Waals surface area contributed by atoms with Crippen molar-refractivity contribution in [2.24, 2.45) is 5.92 Å². The summed E-state index contributed by atoms with van der Waals surface area (Å²) in [5.41, 5.74) is 3.28. The van der Waals surface area contributed by atoms with E-state index >= 15 is 0 Å². The van der Waals surface area contributed by atoms with Gasteiger partial charge in [0.25, 0.3) is 10.0 Å². The summed E-state index contributed by atoms with van der Waals surface area (Å²) >= 11 is 0. The maximum atomic E-state index is 13.3. The number of likely N-dealkylation sites (N-methyl/N-ethyl adjacent to an activating group) is 1. The summed E-state index contributed by atoms with van der Waals surface area (Å²) in [7, 11) is -2.38. The van der Waals surface area contributed by atoms with Gasteiger partial charge < -0.3 is 14.7 Å². The summed E-state index contributed by atoms with van der Waals surface area (Å²) < 4.78 is 34.2. The van der Waals surface area contributed by atoms with Gasteiger partial charge in [0, 0.05) is 31.1 Å². The van der Waals surface area contributed by atoms with Crippen molar-refractivity contribution < 1.29 is 22.5 Å². The fourth-order valence-electron chi connectivity index (χ4n) is 4.39. The molecule has 3 aromatic rings. The van der Waals surface area contributed by atoms with Crippen LogP contribution in [0, 0.1) is 19.8 Å². The monoisotopic (exact) mass is 554 g/mol. The number of benzene rings is 2. The van der Waals surface area contributed by atoms with E-state index in [0.717, 1.165) is 12.0 Å². The molecule has 0 spiro atoms. The average molecular weight is 555 g/mol. The number of hydrogen-bond acceptors (Lipinski definition) is 6. The molecular formula is C29H38N4O5S. The van der Waals surface area contributed by atoms with Crippen LogP contribution in [0.25, 0.3) is 11.1 Å². The molecule has 9 nitrogen and oxygen atoms in total. The van der Waals surface area contributed by atoms with E-state index in [1.54, 1.807) is 44.0 Å². The molecule has 2 N–H and O–H groups in total. The molecule has 210 valence electrons. The van der Waals surface area contributed by atoms with Crippen LogP contribution in [0.3, 0.4) is 0 Å². The van der Waals surface area contributed by atoms with Crippen LogP contribution in [-0.4, -0.2) is 43.4 Å². The van der Waals surface area contributed by atoms with E-state index in [0.29, 0.717) is 35.2 Å². The number of sulfonamides is 1. The Labute approximate surface area is 231 Å². The molecule has 0 aliphatic carbocycles. The van der Waals surface area contributed by atoms with Gasteiger partial charge in [-0.2, -0.15) is 0 Å². The van der Waals surface area contributed by atoms with Crippen LogP contribution < -0.4 is 10.0 Å². The minimum Gasteiger partial charge on any atom is -0.357 e. The van der Waals surface area contributed by atoms with E-state index in [-0.39, 0.29) is 35.1 Å². The summed E-state index contributed by atoms with van der Waals surface area (Å²) in [4.78, 5) is 27.7. The standard InChI is InChI=1S/C29H38N4O5S/c1-7-11-26(34)33(27(19(3)8-2)28(35)30-6)18-22-14-16-23(17-15-22)24-12-9-10-13-25(24)39(36,37)32-29-20(4)21(5)31-38-29/h9-10,12-17,19,27,32H,7-8,11,18H2,1-6H3,(H,30,35)/t19?,27-/m0/s1. The Morgan fingerprint density at radius 1 is 1.05 bits per heavy atom. The zero-order valence-corrected chi connectivity index (χ0v) is 24.3. The fourth-order valence-corrected chi connectivity index (χ4v) is 5.67. The lowest BCUT2D eigenvalue weighted by molar-refractivity contribution is -0.143. The van der Waals surface area contributed by atoms with Crippen LogP contribution in [0.4, 0.5) is 5.88 Å². The van der Waals surface area contributed by atoms with Crippen LogP contribution >= 0.6 is 0 Å². The fraction of sp³-hybridized carbons (Fsp3) is 0.414. The van der Waals surface area contributed by atoms with Gasteiger partial charge in [0.2, 0.25) is 17.7 Å². The molecule has 3 rings (SSSR count). The molecule has 10 heteroatoms. The van der Waals surface area contributed by atoms with Crippen molar-refractivity contribution in [2.45, 2.75) is 71.4 Å². The Morgan fingerprint density at radius 3 is 2.28 bits per heavy atom. The van der Waals surface area contributed by atoms with Gasteiger partial charge in [-0.25, -0.2) is 13.1 Å². The first-order valence-electron chi connectivity index (χ1n) is 13.2. The van der Waals surface area contributed by atoms with Gasteiger partial charge in [0.05, 0.1) is 10.6 Å². The summed E-state index contributed by atoms with van der Waals surface area (Å²) in [6.45, 7) is 9.66. The molecule has 1 heterocycles. The first-order chi connectivity index (χ1) is 18.5. The molecule has 0 radical (unpaired) electrons. The highest BCUT2D eigenvalue weighted by Crippen LogP contribution is 2.30. The van der Waals surface area contributed by atoms with Gasteiger partial charge in [0.1, 0.15) is 6.04 Å². The van der Waals surface area contributed by atoms with Gasteiger partial charge in [0.15, 0.2) is 0 Å². The third kappa shape index (κ3) is 6.86. The number of carbonyl (C=O) groups is 2. The zero-order valence-electron chi connectivity index (χ0n) is 23.4. The second kappa shape index (κ2) is 12.9. The lowest BCUT2D eigenvalue weighted by Gasteiger charge is -2.34. The predicted molar refractivity (Wildman–Crippen MR) is 151 cm³/mol. The second-order valence-electron chi connectivity index (χ2n) is 9.74. The zero-order chi connectivity index (χ0) is 28.7. The number of aromatic nitrogens is 1. The summed E-state index contributed by atoms with van der Waals surface area (Å²) in [5, 5.41) is 6.53. The number of anilines is 1. The van der Waals surface area contributed by atoms with Gasteiger partial charge in [-0.05, 0) is 43.4 Å². The number of hydrogen-bond donors (Lipinski definition) is 2. The lowest BCUT2D eigenvalue weighted by atomic mass is 9.95.